The fourth-order valence-corrected chi connectivity index (χ4v) is 3.39. The van der Waals surface area contributed by atoms with E-state index >= 15 is 0 Å². The van der Waals surface area contributed by atoms with Crippen LogP contribution in [0.3, 0.4) is 0 Å². The van der Waals surface area contributed by atoms with Crippen LogP contribution >= 0.6 is 0 Å². The average molecular weight is 292 g/mol. The summed E-state index contributed by atoms with van der Waals surface area (Å²) in [5.74, 6) is 0.216. The molecule has 2 heteroatoms. The summed E-state index contributed by atoms with van der Waals surface area (Å²) in [7, 11) is 0. The first-order chi connectivity index (χ1) is 10.7. The van der Waals surface area contributed by atoms with E-state index < -0.39 is 5.41 Å². The number of hydrogen-bond acceptors (Lipinski definition) is 2. The smallest absolute Gasteiger partial charge is 0.147 e. The van der Waals surface area contributed by atoms with Crippen molar-refractivity contribution in [2.45, 2.75) is 32.1 Å². The van der Waals surface area contributed by atoms with Crippen LogP contribution in [0, 0.1) is 5.41 Å². The van der Waals surface area contributed by atoms with Crippen LogP contribution in [0.4, 0.5) is 0 Å². The van der Waals surface area contributed by atoms with Gasteiger partial charge in [-0.3, -0.25) is 9.59 Å². The summed E-state index contributed by atoms with van der Waals surface area (Å²) in [6.07, 6.45) is 2.76. The first kappa shape index (κ1) is 14.7. The normalized spacial score (nSPS) is 17.5. The van der Waals surface area contributed by atoms with Gasteiger partial charge in [-0.15, -0.1) is 0 Å². The van der Waals surface area contributed by atoms with Gasteiger partial charge in [-0.25, -0.2) is 0 Å². The maximum atomic E-state index is 12.7. The molecular formula is C20H20O2. The Bertz CT molecular complexity index is 599. The van der Waals surface area contributed by atoms with Gasteiger partial charge in [-0.1, -0.05) is 60.7 Å². The second-order valence-electron chi connectivity index (χ2n) is 6.11. The van der Waals surface area contributed by atoms with E-state index in [4.69, 9.17) is 0 Å². The topological polar surface area (TPSA) is 34.1 Å². The Morgan fingerprint density at radius 3 is 1.50 bits per heavy atom. The minimum absolute atomic E-state index is 0.108. The highest BCUT2D eigenvalue weighted by molar-refractivity contribution is 6.09. The van der Waals surface area contributed by atoms with Crippen molar-refractivity contribution in [2.75, 3.05) is 0 Å². The Balaban J connectivity index is 1.97. The van der Waals surface area contributed by atoms with Crippen LogP contribution in [0.2, 0.25) is 0 Å². The minimum Gasteiger partial charge on any atom is -0.299 e. The molecule has 0 aliphatic heterocycles. The van der Waals surface area contributed by atoms with Crippen LogP contribution < -0.4 is 0 Å². The zero-order valence-electron chi connectivity index (χ0n) is 12.6. The van der Waals surface area contributed by atoms with E-state index in [1.807, 2.05) is 60.7 Å². The molecule has 2 aromatic carbocycles. The monoisotopic (exact) mass is 292 g/mol. The second kappa shape index (κ2) is 6.27. The molecule has 112 valence electrons. The van der Waals surface area contributed by atoms with Crippen molar-refractivity contribution >= 4 is 11.6 Å². The van der Waals surface area contributed by atoms with Crippen LogP contribution in [0.1, 0.15) is 30.4 Å². The molecule has 0 unspecified atom stereocenters. The molecule has 3 rings (SSSR count). The molecule has 1 aliphatic rings. The average Bonchev–Trinajstić information content (AvgIpc) is 2.54. The molecule has 22 heavy (non-hydrogen) atoms. The summed E-state index contributed by atoms with van der Waals surface area (Å²) < 4.78 is 0. The van der Waals surface area contributed by atoms with Crippen molar-refractivity contribution in [1.82, 2.24) is 0 Å². The van der Waals surface area contributed by atoms with Gasteiger partial charge < -0.3 is 0 Å². The molecule has 1 saturated carbocycles. The maximum Gasteiger partial charge on any atom is 0.147 e. The molecule has 0 heterocycles. The number of Topliss-reactive ketones (excluding diaryl/α,β-unsaturated/α-hetero) is 2. The predicted octanol–water partition coefficient (Wildman–Crippen LogP) is 3.78. The lowest BCUT2D eigenvalue weighted by atomic mass is 9.65. The van der Waals surface area contributed by atoms with Gasteiger partial charge in [0.1, 0.15) is 11.6 Å². The Labute approximate surface area is 131 Å². The third-order valence-corrected chi connectivity index (χ3v) is 4.57. The largest absolute Gasteiger partial charge is 0.299 e. The van der Waals surface area contributed by atoms with Crippen LogP contribution in [0.5, 0.6) is 0 Å². The molecule has 0 radical (unpaired) electrons. The van der Waals surface area contributed by atoms with Gasteiger partial charge in [0, 0.05) is 12.8 Å². The summed E-state index contributed by atoms with van der Waals surface area (Å²) >= 11 is 0. The molecule has 1 fully saturated rings. The van der Waals surface area contributed by atoms with Crippen LogP contribution in [0.15, 0.2) is 60.7 Å². The molecule has 0 atom stereocenters. The van der Waals surface area contributed by atoms with Crippen molar-refractivity contribution in [2.24, 2.45) is 5.41 Å². The zero-order chi connectivity index (χ0) is 15.4. The van der Waals surface area contributed by atoms with E-state index in [2.05, 4.69) is 0 Å². The molecule has 0 saturated heterocycles. The number of carbonyl (C=O) groups excluding carboxylic acids is 2. The van der Waals surface area contributed by atoms with Crippen molar-refractivity contribution in [3.63, 3.8) is 0 Å². The summed E-state index contributed by atoms with van der Waals surface area (Å²) in [6.45, 7) is 0. The molecule has 1 aliphatic carbocycles. The number of ketones is 2. The van der Waals surface area contributed by atoms with Crippen molar-refractivity contribution < 1.29 is 9.59 Å². The van der Waals surface area contributed by atoms with Crippen LogP contribution in [0.25, 0.3) is 0 Å². The number of carbonyl (C=O) groups is 2. The molecule has 0 N–H and O–H groups in total. The molecule has 2 nitrogen and oxygen atoms in total. The highest BCUT2D eigenvalue weighted by Crippen LogP contribution is 2.37. The van der Waals surface area contributed by atoms with Crippen LogP contribution in [-0.2, 0) is 22.4 Å². The fraction of sp³-hybridized carbons (Fsp3) is 0.300. The van der Waals surface area contributed by atoms with E-state index in [1.165, 1.54) is 0 Å². The Hall–Kier alpha value is -2.22. The highest BCUT2D eigenvalue weighted by atomic mass is 16.2. The summed E-state index contributed by atoms with van der Waals surface area (Å²) in [6, 6.07) is 19.8. The summed E-state index contributed by atoms with van der Waals surface area (Å²) in [5, 5.41) is 0. The molecule has 0 amide bonds. The molecule has 0 bridgehead atoms. The Morgan fingerprint density at radius 2 is 1.09 bits per heavy atom. The summed E-state index contributed by atoms with van der Waals surface area (Å²) in [4.78, 5) is 25.4. The molecular weight excluding hydrogens is 272 g/mol. The van der Waals surface area contributed by atoms with E-state index in [0.29, 0.717) is 32.1 Å². The lowest BCUT2D eigenvalue weighted by Crippen LogP contribution is -2.46. The first-order valence-corrected chi connectivity index (χ1v) is 7.85. The van der Waals surface area contributed by atoms with Crippen molar-refractivity contribution in [1.29, 1.82) is 0 Å². The van der Waals surface area contributed by atoms with Crippen molar-refractivity contribution in [3.8, 4) is 0 Å². The SMILES string of the molecule is O=C1CCCC(=O)C1(Cc1ccccc1)Cc1ccccc1. The fourth-order valence-electron chi connectivity index (χ4n) is 3.39. The van der Waals surface area contributed by atoms with Gasteiger partial charge in [0.25, 0.3) is 0 Å². The first-order valence-electron chi connectivity index (χ1n) is 7.85. The van der Waals surface area contributed by atoms with Gasteiger partial charge >= 0.3 is 0 Å². The van der Waals surface area contributed by atoms with E-state index in [0.717, 1.165) is 11.1 Å². The van der Waals surface area contributed by atoms with Gasteiger partial charge in [0.15, 0.2) is 0 Å². The quantitative estimate of drug-likeness (QED) is 0.804. The third-order valence-electron chi connectivity index (χ3n) is 4.57. The maximum absolute atomic E-state index is 12.7. The van der Waals surface area contributed by atoms with Crippen molar-refractivity contribution in [3.05, 3.63) is 71.8 Å². The van der Waals surface area contributed by atoms with Gasteiger partial charge in [-0.2, -0.15) is 0 Å². The third kappa shape index (κ3) is 2.87. The van der Waals surface area contributed by atoms with Gasteiger partial charge in [0.2, 0.25) is 0 Å². The lowest BCUT2D eigenvalue weighted by Gasteiger charge is -2.34. The number of rotatable bonds is 4. The molecule has 0 spiro atoms. The zero-order valence-corrected chi connectivity index (χ0v) is 12.6. The Kier molecular flexibility index (Phi) is 4.19. The molecule has 2 aromatic rings. The van der Waals surface area contributed by atoms with Crippen LogP contribution in [-0.4, -0.2) is 11.6 Å². The highest BCUT2D eigenvalue weighted by Gasteiger charge is 2.46. The Morgan fingerprint density at radius 1 is 0.682 bits per heavy atom. The minimum atomic E-state index is -0.874. The molecule has 0 aromatic heterocycles. The summed E-state index contributed by atoms with van der Waals surface area (Å²) in [5.41, 5.74) is 1.24. The number of benzene rings is 2. The van der Waals surface area contributed by atoms with E-state index in [9.17, 15) is 9.59 Å². The standard InChI is InChI=1S/C20H20O2/c21-18-12-7-13-19(22)20(18,14-16-8-3-1-4-9-16)15-17-10-5-2-6-11-17/h1-6,8-11H,7,12-15H2. The second-order valence-corrected chi connectivity index (χ2v) is 6.11. The predicted molar refractivity (Wildman–Crippen MR) is 86.6 cm³/mol. The number of hydrogen-bond donors (Lipinski definition) is 0. The van der Waals surface area contributed by atoms with Gasteiger partial charge in [0.05, 0.1) is 5.41 Å². The van der Waals surface area contributed by atoms with Gasteiger partial charge in [-0.05, 0) is 30.4 Å². The van der Waals surface area contributed by atoms with E-state index in [-0.39, 0.29) is 11.6 Å². The lowest BCUT2D eigenvalue weighted by molar-refractivity contribution is -0.144. The van der Waals surface area contributed by atoms with E-state index in [1.54, 1.807) is 0 Å².